The minimum atomic E-state index is 0.0894. The second-order valence-electron chi connectivity index (χ2n) is 4.06. The van der Waals surface area contributed by atoms with E-state index in [-0.39, 0.29) is 12.3 Å². The first kappa shape index (κ1) is 11.4. The predicted octanol–water partition coefficient (Wildman–Crippen LogP) is 1.31. The van der Waals surface area contributed by atoms with Gasteiger partial charge in [-0.25, -0.2) is 0 Å². The molecule has 1 rings (SSSR count). The van der Waals surface area contributed by atoms with Crippen LogP contribution in [-0.4, -0.2) is 28.9 Å². The zero-order valence-corrected chi connectivity index (χ0v) is 9.48. The summed E-state index contributed by atoms with van der Waals surface area (Å²) in [6.07, 6.45) is 3.65. The van der Waals surface area contributed by atoms with Crippen LogP contribution in [0.1, 0.15) is 32.6 Å². The van der Waals surface area contributed by atoms with Crippen LogP contribution >= 0.6 is 12.2 Å². The summed E-state index contributed by atoms with van der Waals surface area (Å²) in [4.78, 5) is 13.8. The molecule has 1 unspecified atom stereocenters. The van der Waals surface area contributed by atoms with Crippen molar-refractivity contribution in [3.63, 3.8) is 0 Å². The van der Waals surface area contributed by atoms with Crippen LogP contribution in [0.2, 0.25) is 0 Å². The van der Waals surface area contributed by atoms with Gasteiger partial charge in [0, 0.05) is 13.1 Å². The third-order valence-corrected chi connectivity index (χ3v) is 2.84. The molecular weight excluding hydrogens is 196 g/mol. The van der Waals surface area contributed by atoms with E-state index in [1.54, 1.807) is 0 Å². The number of hydrogen-bond acceptors (Lipinski definition) is 2. The van der Waals surface area contributed by atoms with Gasteiger partial charge in [0.1, 0.15) is 0 Å². The molecule has 1 heterocycles. The molecule has 0 aromatic carbocycles. The summed E-state index contributed by atoms with van der Waals surface area (Å²) in [5, 5.41) is 0. The van der Waals surface area contributed by atoms with Crippen LogP contribution in [0.15, 0.2) is 0 Å². The van der Waals surface area contributed by atoms with Crippen molar-refractivity contribution in [2.45, 2.75) is 32.6 Å². The Kier molecular flexibility index (Phi) is 4.32. The van der Waals surface area contributed by atoms with E-state index in [1.165, 1.54) is 6.42 Å². The molecule has 0 radical (unpaired) electrons. The minimum absolute atomic E-state index is 0.0894. The Morgan fingerprint density at radius 3 is 2.86 bits per heavy atom. The monoisotopic (exact) mass is 214 g/mol. The average Bonchev–Trinajstić information content (AvgIpc) is 2.28. The SMILES string of the molecule is CC1CCCN(C(=O)CC(N)=S)CC1. The molecule has 0 aliphatic carbocycles. The lowest BCUT2D eigenvalue weighted by Gasteiger charge is -2.19. The molecule has 1 aliphatic rings. The van der Waals surface area contributed by atoms with Gasteiger partial charge in [0.05, 0.1) is 11.4 Å². The van der Waals surface area contributed by atoms with Gasteiger partial charge in [-0.2, -0.15) is 0 Å². The largest absolute Gasteiger partial charge is 0.393 e. The lowest BCUT2D eigenvalue weighted by Crippen LogP contribution is -2.34. The van der Waals surface area contributed by atoms with Crippen LogP contribution in [0.3, 0.4) is 0 Å². The standard InChI is InChI=1S/C10H18N2OS/c1-8-3-2-5-12(6-4-8)10(13)7-9(11)14/h8H,2-7H2,1H3,(H2,11,14). The summed E-state index contributed by atoms with van der Waals surface area (Å²) < 4.78 is 0. The molecule has 4 heteroatoms. The number of likely N-dealkylation sites (tertiary alicyclic amines) is 1. The molecule has 2 N–H and O–H groups in total. The molecule has 80 valence electrons. The third kappa shape index (κ3) is 3.62. The maximum Gasteiger partial charge on any atom is 0.229 e. The van der Waals surface area contributed by atoms with Gasteiger partial charge in [0.25, 0.3) is 0 Å². The molecule has 0 spiro atoms. The van der Waals surface area contributed by atoms with E-state index in [4.69, 9.17) is 18.0 Å². The van der Waals surface area contributed by atoms with Crippen LogP contribution in [0.5, 0.6) is 0 Å². The molecule has 14 heavy (non-hydrogen) atoms. The average molecular weight is 214 g/mol. The second kappa shape index (κ2) is 5.29. The van der Waals surface area contributed by atoms with E-state index in [9.17, 15) is 4.79 Å². The highest BCUT2D eigenvalue weighted by Crippen LogP contribution is 2.16. The maximum atomic E-state index is 11.6. The Morgan fingerprint density at radius 1 is 1.50 bits per heavy atom. The van der Waals surface area contributed by atoms with E-state index in [0.29, 0.717) is 4.99 Å². The smallest absolute Gasteiger partial charge is 0.229 e. The minimum Gasteiger partial charge on any atom is -0.393 e. The number of nitrogens with two attached hydrogens (primary N) is 1. The molecule has 0 aromatic rings. The number of carbonyl (C=O) groups is 1. The van der Waals surface area contributed by atoms with Gasteiger partial charge in [-0.1, -0.05) is 19.1 Å². The molecular formula is C10H18N2OS. The van der Waals surface area contributed by atoms with Crippen molar-refractivity contribution < 1.29 is 4.79 Å². The van der Waals surface area contributed by atoms with Crippen molar-refractivity contribution in [1.29, 1.82) is 0 Å². The molecule has 1 aliphatic heterocycles. The van der Waals surface area contributed by atoms with E-state index in [1.807, 2.05) is 4.90 Å². The first-order valence-electron chi connectivity index (χ1n) is 5.15. The van der Waals surface area contributed by atoms with Crippen LogP contribution in [0, 0.1) is 5.92 Å². The summed E-state index contributed by atoms with van der Waals surface area (Å²) in [5.74, 6) is 0.823. The fourth-order valence-electron chi connectivity index (χ4n) is 1.77. The van der Waals surface area contributed by atoms with E-state index >= 15 is 0 Å². The molecule has 1 atom stereocenters. The van der Waals surface area contributed by atoms with Gasteiger partial charge in [-0.05, 0) is 25.2 Å². The molecule has 1 saturated heterocycles. The normalized spacial score (nSPS) is 22.9. The number of hydrogen-bond donors (Lipinski definition) is 1. The lowest BCUT2D eigenvalue weighted by molar-refractivity contribution is -0.129. The van der Waals surface area contributed by atoms with Crippen molar-refractivity contribution in [3.8, 4) is 0 Å². The van der Waals surface area contributed by atoms with Crippen molar-refractivity contribution in [2.24, 2.45) is 11.7 Å². The first-order valence-corrected chi connectivity index (χ1v) is 5.56. The van der Waals surface area contributed by atoms with E-state index in [0.717, 1.165) is 31.8 Å². The highest BCUT2D eigenvalue weighted by Gasteiger charge is 2.18. The number of thiocarbonyl (C=S) groups is 1. The quantitative estimate of drug-likeness (QED) is 0.705. The highest BCUT2D eigenvalue weighted by atomic mass is 32.1. The van der Waals surface area contributed by atoms with Gasteiger partial charge < -0.3 is 10.6 Å². The predicted molar refractivity (Wildman–Crippen MR) is 61.0 cm³/mol. The molecule has 1 fully saturated rings. The topological polar surface area (TPSA) is 46.3 Å². The van der Waals surface area contributed by atoms with Crippen LogP contribution in [-0.2, 0) is 4.79 Å². The van der Waals surface area contributed by atoms with Crippen molar-refractivity contribution >= 4 is 23.1 Å². The fraction of sp³-hybridized carbons (Fsp3) is 0.800. The van der Waals surface area contributed by atoms with Gasteiger partial charge in [0.2, 0.25) is 5.91 Å². The fourth-order valence-corrected chi connectivity index (χ4v) is 1.90. The van der Waals surface area contributed by atoms with Crippen molar-refractivity contribution in [1.82, 2.24) is 4.90 Å². The zero-order valence-electron chi connectivity index (χ0n) is 8.66. The van der Waals surface area contributed by atoms with Crippen LogP contribution in [0.25, 0.3) is 0 Å². The molecule has 3 nitrogen and oxygen atoms in total. The molecule has 0 saturated carbocycles. The highest BCUT2D eigenvalue weighted by molar-refractivity contribution is 7.80. The summed E-state index contributed by atoms with van der Waals surface area (Å²) in [6, 6.07) is 0. The van der Waals surface area contributed by atoms with E-state index < -0.39 is 0 Å². The maximum absolute atomic E-state index is 11.6. The second-order valence-corrected chi connectivity index (χ2v) is 4.58. The third-order valence-electron chi connectivity index (χ3n) is 2.69. The summed E-state index contributed by atoms with van der Waals surface area (Å²) in [7, 11) is 0. The Hall–Kier alpha value is -0.640. The van der Waals surface area contributed by atoms with Gasteiger partial charge in [0.15, 0.2) is 0 Å². The van der Waals surface area contributed by atoms with Crippen LogP contribution in [0.4, 0.5) is 0 Å². The van der Waals surface area contributed by atoms with Crippen LogP contribution < -0.4 is 5.73 Å². The van der Waals surface area contributed by atoms with Crippen molar-refractivity contribution in [2.75, 3.05) is 13.1 Å². The lowest BCUT2D eigenvalue weighted by atomic mass is 10.0. The summed E-state index contributed by atoms with van der Waals surface area (Å²) in [6.45, 7) is 3.97. The Balaban J connectivity index is 2.43. The first-order chi connectivity index (χ1) is 6.59. The summed E-state index contributed by atoms with van der Waals surface area (Å²) >= 11 is 4.73. The molecule has 1 amide bonds. The number of carbonyl (C=O) groups excluding carboxylic acids is 1. The Bertz CT molecular complexity index is 230. The number of rotatable bonds is 2. The number of amides is 1. The Labute approximate surface area is 90.6 Å². The van der Waals surface area contributed by atoms with Crippen molar-refractivity contribution in [3.05, 3.63) is 0 Å². The number of nitrogens with zero attached hydrogens (tertiary/aromatic N) is 1. The Morgan fingerprint density at radius 2 is 2.21 bits per heavy atom. The molecule has 0 aromatic heterocycles. The van der Waals surface area contributed by atoms with Gasteiger partial charge in [-0.15, -0.1) is 0 Å². The molecule has 0 bridgehead atoms. The summed E-state index contributed by atoms with van der Waals surface area (Å²) in [5.41, 5.74) is 5.35. The van der Waals surface area contributed by atoms with Gasteiger partial charge in [-0.3, -0.25) is 4.79 Å². The van der Waals surface area contributed by atoms with Gasteiger partial charge >= 0.3 is 0 Å². The zero-order chi connectivity index (χ0) is 10.6. The van der Waals surface area contributed by atoms with E-state index in [2.05, 4.69) is 6.92 Å².